The van der Waals surface area contributed by atoms with Crippen molar-refractivity contribution in [1.82, 2.24) is 26.2 Å². The van der Waals surface area contributed by atoms with E-state index in [1.54, 1.807) is 23.1 Å². The minimum Gasteiger partial charge on any atom is -0.378 e. The molecule has 0 aliphatic carbocycles. The molecule has 14 nitrogen and oxygen atoms in total. The van der Waals surface area contributed by atoms with Crippen LogP contribution in [0.2, 0.25) is 0 Å². The number of nitrogens with two attached hydrogens (primary N) is 2. The number of halogens is 2. The van der Waals surface area contributed by atoms with Crippen LogP contribution in [0.15, 0.2) is 46.7 Å². The molecule has 10 N–H and O–H groups in total. The summed E-state index contributed by atoms with van der Waals surface area (Å²) in [7, 11) is -3.74. The first kappa shape index (κ1) is 38.1. The van der Waals surface area contributed by atoms with Crippen LogP contribution in [-0.2, 0) is 19.4 Å². The SMILES string of the molecule is Br.Br.N=C(N)NCCCC(NC(=O)N1CCOCC1)C(=O)N[C@H](/C=C/S(=O)(=O)c1ccccc1)CCCNC(=N)N. The number of rotatable bonds is 14. The average Bonchev–Trinajstić information content (AvgIpc) is 2.91. The maximum absolute atomic E-state index is 13.3. The van der Waals surface area contributed by atoms with Gasteiger partial charge >= 0.3 is 6.03 Å². The Morgan fingerprint density at radius 3 is 2.07 bits per heavy atom. The minimum absolute atomic E-state index is 0. The van der Waals surface area contributed by atoms with Crippen LogP contribution in [0.1, 0.15) is 25.7 Å². The van der Waals surface area contributed by atoms with Crippen molar-refractivity contribution in [2.75, 3.05) is 39.4 Å². The number of guanidine groups is 2. The molecule has 1 fully saturated rings. The highest BCUT2D eigenvalue weighted by atomic mass is 79.9. The van der Waals surface area contributed by atoms with Crippen LogP contribution in [-0.4, -0.2) is 88.7 Å². The average molecular weight is 728 g/mol. The van der Waals surface area contributed by atoms with E-state index in [2.05, 4.69) is 21.3 Å². The highest BCUT2D eigenvalue weighted by Gasteiger charge is 2.26. The van der Waals surface area contributed by atoms with Crippen molar-refractivity contribution in [3.63, 3.8) is 0 Å². The number of morpholine rings is 1. The van der Waals surface area contributed by atoms with Gasteiger partial charge < -0.3 is 42.4 Å². The van der Waals surface area contributed by atoms with Gasteiger partial charge in [-0.15, -0.1) is 34.0 Å². The number of nitrogens with one attached hydrogen (secondary N) is 6. The third-order valence-corrected chi connectivity index (χ3v) is 7.24. The quantitative estimate of drug-likeness (QED) is 0.0760. The van der Waals surface area contributed by atoms with Gasteiger partial charge in [0.2, 0.25) is 5.91 Å². The van der Waals surface area contributed by atoms with E-state index in [0.29, 0.717) is 58.7 Å². The third kappa shape index (κ3) is 15.1. The fourth-order valence-electron chi connectivity index (χ4n) is 3.74. The molecule has 1 aromatic rings. The molecule has 2 atom stereocenters. The molecule has 2 rings (SSSR count). The van der Waals surface area contributed by atoms with Crippen LogP contribution in [0.3, 0.4) is 0 Å². The topological polar surface area (TPSA) is 229 Å². The Balaban J connectivity index is 0.00000800. The summed E-state index contributed by atoms with van der Waals surface area (Å²) >= 11 is 0. The first-order valence-corrected chi connectivity index (χ1v) is 14.2. The summed E-state index contributed by atoms with van der Waals surface area (Å²) in [4.78, 5) is 27.8. The van der Waals surface area contributed by atoms with Crippen LogP contribution in [0.4, 0.5) is 4.79 Å². The van der Waals surface area contributed by atoms with Gasteiger partial charge in [-0.05, 0) is 37.8 Å². The van der Waals surface area contributed by atoms with Gasteiger partial charge in [-0.25, -0.2) is 13.2 Å². The Morgan fingerprint density at radius 1 is 0.951 bits per heavy atom. The molecule has 17 heteroatoms. The summed E-state index contributed by atoms with van der Waals surface area (Å²) in [5, 5.41) is 26.6. The third-order valence-electron chi connectivity index (χ3n) is 5.79. The standard InChI is InChI=1S/C24H39N9O5S.2BrH/c25-22(26)29-11-4-6-18(10-17-39(36,37)19-7-2-1-3-8-19)31-21(34)20(9-5-12-30-23(27)28)32-24(35)33-13-15-38-16-14-33;;/h1-3,7-8,10,17-18,20H,4-6,9,11-16H2,(H,31,34)(H,32,35)(H4,25,26,29)(H4,27,28,30);2*1H/b17-10+;;/t18-,20?;;/m0../s1. The molecule has 3 amide bonds. The lowest BCUT2D eigenvalue weighted by molar-refractivity contribution is -0.123. The van der Waals surface area contributed by atoms with E-state index < -0.39 is 33.9 Å². The molecule has 0 radical (unpaired) electrons. The molecule has 1 aromatic carbocycles. The smallest absolute Gasteiger partial charge is 0.318 e. The van der Waals surface area contributed by atoms with Crippen LogP contribution in [0.5, 0.6) is 0 Å². The second-order valence-electron chi connectivity index (χ2n) is 8.87. The van der Waals surface area contributed by atoms with Gasteiger partial charge in [-0.2, -0.15) is 0 Å². The largest absolute Gasteiger partial charge is 0.378 e. The maximum atomic E-state index is 13.3. The lowest BCUT2D eigenvalue weighted by Crippen LogP contribution is -2.54. The number of urea groups is 1. The van der Waals surface area contributed by atoms with Gasteiger partial charge in [-0.3, -0.25) is 15.6 Å². The van der Waals surface area contributed by atoms with E-state index in [1.807, 2.05) is 0 Å². The van der Waals surface area contributed by atoms with Crippen molar-refractivity contribution in [3.8, 4) is 0 Å². The Bertz CT molecular complexity index is 1100. The summed E-state index contributed by atoms with van der Waals surface area (Å²) in [6.07, 6.45) is 2.93. The Morgan fingerprint density at radius 2 is 1.51 bits per heavy atom. The number of ether oxygens (including phenoxy) is 1. The molecule has 0 aromatic heterocycles. The zero-order valence-electron chi connectivity index (χ0n) is 22.6. The molecule has 0 saturated carbocycles. The van der Waals surface area contributed by atoms with Crippen molar-refractivity contribution in [3.05, 3.63) is 41.8 Å². The van der Waals surface area contributed by atoms with Gasteiger partial charge in [0, 0.05) is 37.6 Å². The number of carbonyl (C=O) groups is 2. The normalized spacial score (nSPS) is 14.5. The first-order chi connectivity index (χ1) is 18.6. The van der Waals surface area contributed by atoms with Crippen LogP contribution < -0.4 is 32.7 Å². The number of sulfone groups is 1. The Labute approximate surface area is 261 Å². The highest BCUT2D eigenvalue weighted by molar-refractivity contribution is 8.93. The molecular formula is C24H41Br2N9O5S. The highest BCUT2D eigenvalue weighted by Crippen LogP contribution is 2.13. The van der Waals surface area contributed by atoms with Gasteiger partial charge in [-0.1, -0.05) is 24.3 Å². The molecule has 1 aliphatic rings. The Kier molecular flexibility index (Phi) is 18.6. The van der Waals surface area contributed by atoms with E-state index in [-0.39, 0.29) is 57.2 Å². The van der Waals surface area contributed by atoms with E-state index >= 15 is 0 Å². The van der Waals surface area contributed by atoms with Crippen molar-refractivity contribution in [1.29, 1.82) is 10.8 Å². The van der Waals surface area contributed by atoms with Crippen molar-refractivity contribution >= 4 is 67.7 Å². The number of nitrogens with zero attached hydrogens (tertiary/aromatic N) is 1. The monoisotopic (exact) mass is 725 g/mol. The molecule has 232 valence electrons. The lowest BCUT2D eigenvalue weighted by atomic mass is 10.1. The zero-order valence-corrected chi connectivity index (χ0v) is 26.9. The molecule has 1 heterocycles. The summed E-state index contributed by atoms with van der Waals surface area (Å²) < 4.78 is 30.8. The Hall–Kier alpha value is -2.89. The summed E-state index contributed by atoms with van der Waals surface area (Å²) in [6, 6.07) is 5.93. The minimum atomic E-state index is -3.74. The van der Waals surface area contributed by atoms with E-state index in [4.69, 9.17) is 27.0 Å². The van der Waals surface area contributed by atoms with E-state index in [0.717, 1.165) is 5.41 Å². The van der Waals surface area contributed by atoms with E-state index in [1.165, 1.54) is 18.2 Å². The molecule has 0 spiro atoms. The van der Waals surface area contributed by atoms with Crippen molar-refractivity contribution < 1.29 is 22.7 Å². The molecule has 0 bridgehead atoms. The molecular weight excluding hydrogens is 686 g/mol. The molecule has 1 unspecified atom stereocenters. The summed E-state index contributed by atoms with van der Waals surface area (Å²) in [6.45, 7) is 2.31. The van der Waals surface area contributed by atoms with Gasteiger partial charge in [0.25, 0.3) is 0 Å². The van der Waals surface area contributed by atoms with Crippen LogP contribution in [0, 0.1) is 10.8 Å². The van der Waals surface area contributed by atoms with Crippen LogP contribution in [0.25, 0.3) is 0 Å². The zero-order chi connectivity index (χ0) is 28.7. The predicted octanol–water partition coefficient (Wildman–Crippen LogP) is 0.552. The summed E-state index contributed by atoms with van der Waals surface area (Å²) in [5.74, 6) is -0.870. The second kappa shape index (κ2) is 20.1. The van der Waals surface area contributed by atoms with E-state index in [9.17, 15) is 18.0 Å². The lowest BCUT2D eigenvalue weighted by Gasteiger charge is -2.29. The van der Waals surface area contributed by atoms with Gasteiger partial charge in [0.1, 0.15) is 6.04 Å². The molecule has 41 heavy (non-hydrogen) atoms. The number of carbonyl (C=O) groups excluding carboxylic acids is 2. The number of hydrogen-bond acceptors (Lipinski definition) is 7. The first-order valence-electron chi connectivity index (χ1n) is 12.7. The number of benzene rings is 1. The van der Waals surface area contributed by atoms with Crippen molar-refractivity contribution in [2.24, 2.45) is 11.5 Å². The van der Waals surface area contributed by atoms with Crippen LogP contribution >= 0.6 is 34.0 Å². The second-order valence-corrected chi connectivity index (χ2v) is 10.7. The summed E-state index contributed by atoms with van der Waals surface area (Å²) in [5.41, 5.74) is 10.6. The molecule has 1 aliphatic heterocycles. The fourth-order valence-corrected chi connectivity index (χ4v) is 4.83. The maximum Gasteiger partial charge on any atom is 0.318 e. The number of amides is 3. The van der Waals surface area contributed by atoms with Crippen molar-refractivity contribution in [2.45, 2.75) is 42.7 Å². The predicted molar refractivity (Wildman–Crippen MR) is 168 cm³/mol. The molecule has 1 saturated heterocycles. The number of hydrogen-bond donors (Lipinski definition) is 8. The fraction of sp³-hybridized carbons (Fsp3) is 0.500. The van der Waals surface area contributed by atoms with Gasteiger partial charge in [0.05, 0.1) is 18.1 Å². The van der Waals surface area contributed by atoms with Gasteiger partial charge in [0.15, 0.2) is 21.8 Å².